The van der Waals surface area contributed by atoms with E-state index in [0.717, 1.165) is 44.5 Å². The molecule has 0 spiro atoms. The fourth-order valence-corrected chi connectivity index (χ4v) is 4.70. The summed E-state index contributed by atoms with van der Waals surface area (Å²) >= 11 is 3.44. The second-order valence-electron chi connectivity index (χ2n) is 8.12. The molecule has 0 saturated heterocycles. The highest BCUT2D eigenvalue weighted by molar-refractivity contribution is 9.10. The molecule has 162 valence electrons. The fraction of sp³-hybridized carbons (Fsp3) is 0.192. The number of carbonyl (C=O) groups excluding carboxylic acids is 1. The van der Waals surface area contributed by atoms with Crippen LogP contribution in [0.15, 0.2) is 71.2 Å². The highest BCUT2D eigenvalue weighted by Crippen LogP contribution is 2.39. The largest absolute Gasteiger partial charge is 0.497 e. The first kappa shape index (κ1) is 20.6. The molecule has 0 saturated carbocycles. The van der Waals surface area contributed by atoms with Gasteiger partial charge in [0.1, 0.15) is 5.75 Å². The van der Waals surface area contributed by atoms with Crippen molar-refractivity contribution in [2.75, 3.05) is 19.0 Å². The third-order valence-corrected chi connectivity index (χ3v) is 6.61. The van der Waals surface area contributed by atoms with Crippen molar-refractivity contribution >= 4 is 38.6 Å². The summed E-state index contributed by atoms with van der Waals surface area (Å²) in [5.74, 6) is 0.835. The van der Waals surface area contributed by atoms with E-state index in [0.29, 0.717) is 6.54 Å². The third-order valence-electron chi connectivity index (χ3n) is 6.08. The Labute approximate surface area is 195 Å². The number of anilines is 1. The molecule has 1 aliphatic rings. The maximum atomic E-state index is 13.4. The summed E-state index contributed by atoms with van der Waals surface area (Å²) in [5, 5.41) is 4.22. The molecule has 6 heteroatoms. The number of aryl methyl sites for hydroxylation is 1. The van der Waals surface area contributed by atoms with Gasteiger partial charge in [0, 0.05) is 33.3 Å². The van der Waals surface area contributed by atoms with Crippen molar-refractivity contribution in [1.82, 2.24) is 9.88 Å². The van der Waals surface area contributed by atoms with Gasteiger partial charge in [0.2, 0.25) is 0 Å². The molecule has 4 aromatic rings. The summed E-state index contributed by atoms with van der Waals surface area (Å²) in [6.45, 7) is 2.70. The van der Waals surface area contributed by atoms with Crippen molar-refractivity contribution in [2.24, 2.45) is 0 Å². The number of aromatic amines is 1. The molecule has 3 aromatic carbocycles. The van der Waals surface area contributed by atoms with Crippen molar-refractivity contribution in [1.29, 1.82) is 0 Å². The Kier molecular flexibility index (Phi) is 5.39. The van der Waals surface area contributed by atoms with Crippen LogP contribution >= 0.6 is 15.9 Å². The standard InChI is InChI=1S/C26H24BrN3O2/c1-16-3-5-17(6-4-16)25-24-21(22-15-20(32-2)11-12-23(22)29-24)13-14-30(25)26(31)28-19-9-7-18(27)8-10-19/h3-12,15,25,29H,13-14H2,1-2H3,(H,28,31). The van der Waals surface area contributed by atoms with Gasteiger partial charge < -0.3 is 19.9 Å². The van der Waals surface area contributed by atoms with Gasteiger partial charge >= 0.3 is 6.03 Å². The molecule has 0 bridgehead atoms. The van der Waals surface area contributed by atoms with Crippen LogP contribution in [0.2, 0.25) is 0 Å². The van der Waals surface area contributed by atoms with Gasteiger partial charge in [0.15, 0.2) is 0 Å². The molecular weight excluding hydrogens is 466 g/mol. The summed E-state index contributed by atoms with van der Waals surface area (Å²) in [7, 11) is 1.68. The number of carbonyl (C=O) groups is 1. The molecule has 0 fully saturated rings. The smallest absolute Gasteiger partial charge is 0.322 e. The van der Waals surface area contributed by atoms with Gasteiger partial charge in [0.25, 0.3) is 0 Å². The molecule has 5 rings (SSSR count). The average molecular weight is 490 g/mol. The predicted octanol–water partition coefficient (Wildman–Crippen LogP) is 6.43. The first-order chi connectivity index (χ1) is 15.5. The van der Waals surface area contributed by atoms with Gasteiger partial charge in [-0.2, -0.15) is 0 Å². The molecule has 1 unspecified atom stereocenters. The third kappa shape index (κ3) is 3.75. The van der Waals surface area contributed by atoms with E-state index in [-0.39, 0.29) is 12.1 Å². The van der Waals surface area contributed by atoms with Crippen molar-refractivity contribution in [3.05, 3.63) is 93.6 Å². The van der Waals surface area contributed by atoms with E-state index in [9.17, 15) is 4.79 Å². The number of ether oxygens (including phenoxy) is 1. The highest BCUT2D eigenvalue weighted by atomic mass is 79.9. The number of aromatic nitrogens is 1. The topological polar surface area (TPSA) is 57.4 Å². The van der Waals surface area contributed by atoms with Gasteiger partial charge in [-0.1, -0.05) is 45.8 Å². The molecule has 2 amide bonds. The normalized spacial score (nSPS) is 15.5. The van der Waals surface area contributed by atoms with E-state index >= 15 is 0 Å². The number of fused-ring (bicyclic) bond motifs is 3. The lowest BCUT2D eigenvalue weighted by Crippen LogP contribution is -2.43. The molecule has 1 aromatic heterocycles. The molecular formula is C26H24BrN3O2. The second kappa shape index (κ2) is 8.36. The number of amides is 2. The Hall–Kier alpha value is -3.25. The quantitative estimate of drug-likeness (QED) is 0.348. The number of urea groups is 1. The molecule has 2 N–H and O–H groups in total. The van der Waals surface area contributed by atoms with Crippen LogP contribution in [0.3, 0.4) is 0 Å². The Morgan fingerprint density at radius 2 is 1.84 bits per heavy atom. The van der Waals surface area contributed by atoms with Crippen LogP contribution in [0.25, 0.3) is 10.9 Å². The van der Waals surface area contributed by atoms with Crippen molar-refractivity contribution in [2.45, 2.75) is 19.4 Å². The minimum Gasteiger partial charge on any atom is -0.497 e. The zero-order valence-electron chi connectivity index (χ0n) is 18.0. The Bertz CT molecular complexity index is 1280. The maximum absolute atomic E-state index is 13.4. The maximum Gasteiger partial charge on any atom is 0.322 e. The summed E-state index contributed by atoms with van der Waals surface area (Å²) in [6, 6.07) is 21.8. The minimum atomic E-state index is -0.201. The van der Waals surface area contributed by atoms with Gasteiger partial charge in [-0.3, -0.25) is 0 Å². The summed E-state index contributed by atoms with van der Waals surface area (Å²) in [6.07, 6.45) is 0.776. The number of hydrogen-bond acceptors (Lipinski definition) is 2. The first-order valence-electron chi connectivity index (χ1n) is 10.6. The van der Waals surface area contributed by atoms with Crippen molar-refractivity contribution in [3.8, 4) is 5.75 Å². The number of halogens is 1. The summed E-state index contributed by atoms with van der Waals surface area (Å²) in [5.41, 5.74) is 6.42. The van der Waals surface area contributed by atoms with Gasteiger partial charge in [-0.15, -0.1) is 0 Å². The highest BCUT2D eigenvalue weighted by Gasteiger charge is 2.34. The van der Waals surface area contributed by atoms with E-state index in [1.807, 2.05) is 41.3 Å². The molecule has 0 radical (unpaired) electrons. The Balaban J connectivity index is 1.57. The molecule has 1 atom stereocenters. The lowest BCUT2D eigenvalue weighted by atomic mass is 9.92. The minimum absolute atomic E-state index is 0.111. The van der Waals surface area contributed by atoms with Crippen LogP contribution in [0.1, 0.15) is 28.4 Å². The van der Waals surface area contributed by atoms with Gasteiger partial charge in [-0.05, 0) is 66.9 Å². The molecule has 32 heavy (non-hydrogen) atoms. The van der Waals surface area contributed by atoms with Crippen LogP contribution in [0.5, 0.6) is 5.75 Å². The van der Waals surface area contributed by atoms with Gasteiger partial charge in [0.05, 0.1) is 13.2 Å². The number of methoxy groups -OCH3 is 1. The van der Waals surface area contributed by atoms with Crippen LogP contribution in [0.4, 0.5) is 10.5 Å². The number of H-pyrrole nitrogens is 1. The monoisotopic (exact) mass is 489 g/mol. The molecule has 5 nitrogen and oxygen atoms in total. The van der Waals surface area contributed by atoms with Crippen LogP contribution in [-0.4, -0.2) is 29.6 Å². The predicted molar refractivity (Wildman–Crippen MR) is 131 cm³/mol. The van der Waals surface area contributed by atoms with Gasteiger partial charge in [-0.25, -0.2) is 4.79 Å². The van der Waals surface area contributed by atoms with E-state index in [2.05, 4.69) is 63.5 Å². The number of hydrogen-bond donors (Lipinski definition) is 2. The van der Waals surface area contributed by atoms with Crippen LogP contribution in [0, 0.1) is 6.92 Å². The van der Waals surface area contributed by atoms with E-state index in [1.165, 1.54) is 11.1 Å². The van der Waals surface area contributed by atoms with Crippen molar-refractivity contribution < 1.29 is 9.53 Å². The molecule has 2 heterocycles. The number of rotatable bonds is 3. The zero-order chi connectivity index (χ0) is 22.2. The van der Waals surface area contributed by atoms with E-state index < -0.39 is 0 Å². The number of nitrogens with one attached hydrogen (secondary N) is 2. The van der Waals surface area contributed by atoms with Crippen LogP contribution < -0.4 is 10.1 Å². The van der Waals surface area contributed by atoms with Crippen LogP contribution in [-0.2, 0) is 6.42 Å². The lowest BCUT2D eigenvalue weighted by Gasteiger charge is -2.36. The first-order valence-corrected chi connectivity index (χ1v) is 11.4. The summed E-state index contributed by atoms with van der Waals surface area (Å²) in [4.78, 5) is 18.9. The number of benzene rings is 3. The molecule has 1 aliphatic heterocycles. The molecule has 0 aliphatic carbocycles. The Morgan fingerprint density at radius 3 is 2.56 bits per heavy atom. The summed E-state index contributed by atoms with van der Waals surface area (Å²) < 4.78 is 6.43. The van der Waals surface area contributed by atoms with Crippen molar-refractivity contribution in [3.63, 3.8) is 0 Å². The Morgan fingerprint density at radius 1 is 1.09 bits per heavy atom. The second-order valence-corrected chi connectivity index (χ2v) is 9.04. The zero-order valence-corrected chi connectivity index (χ0v) is 19.6. The van der Waals surface area contributed by atoms with E-state index in [4.69, 9.17) is 4.74 Å². The average Bonchev–Trinajstić information content (AvgIpc) is 3.18. The number of nitrogens with zero attached hydrogens (tertiary/aromatic N) is 1. The SMILES string of the molecule is COc1ccc2[nH]c3c(c2c1)CCN(C(=O)Nc1ccc(Br)cc1)C3c1ccc(C)cc1. The lowest BCUT2D eigenvalue weighted by molar-refractivity contribution is 0.193. The fourth-order valence-electron chi connectivity index (χ4n) is 4.44. The van der Waals surface area contributed by atoms with E-state index in [1.54, 1.807) is 7.11 Å².